The van der Waals surface area contributed by atoms with Crippen LogP contribution in [0.2, 0.25) is 0 Å². The number of anilines is 1. The molecule has 3 aromatic rings. The molecular weight excluding hydrogens is 316 g/mol. The molecule has 0 saturated heterocycles. The lowest BCUT2D eigenvalue weighted by Crippen LogP contribution is -2.26. The van der Waals surface area contributed by atoms with Crippen molar-refractivity contribution in [1.29, 1.82) is 0 Å². The highest BCUT2D eigenvalue weighted by molar-refractivity contribution is 7.18. The lowest BCUT2D eigenvalue weighted by Gasteiger charge is -2.17. The van der Waals surface area contributed by atoms with E-state index in [0.717, 1.165) is 27.3 Å². The Morgan fingerprint density at radius 2 is 1.83 bits per heavy atom. The second-order valence-electron chi connectivity index (χ2n) is 7.23. The fourth-order valence-corrected chi connectivity index (χ4v) is 3.85. The molecule has 3 rings (SSSR count). The average Bonchev–Trinajstić information content (AvgIpc) is 2.93. The molecule has 124 valence electrons. The van der Waals surface area contributed by atoms with Crippen LogP contribution in [0.4, 0.5) is 5.69 Å². The molecule has 0 N–H and O–H groups in total. The first-order valence-corrected chi connectivity index (χ1v) is 8.88. The molecule has 4 heteroatoms. The number of hydrogen-bond donors (Lipinski definition) is 0. The van der Waals surface area contributed by atoms with Crippen LogP contribution in [-0.2, 0) is 6.42 Å². The number of carbonyl (C=O) groups is 1. The summed E-state index contributed by atoms with van der Waals surface area (Å²) in [5.41, 5.74) is 2.67. The molecule has 0 unspecified atom stereocenters. The van der Waals surface area contributed by atoms with Gasteiger partial charge >= 0.3 is 0 Å². The number of benzene rings is 2. The van der Waals surface area contributed by atoms with E-state index in [1.54, 1.807) is 23.3 Å². The van der Waals surface area contributed by atoms with Crippen molar-refractivity contribution >= 4 is 33.1 Å². The first kappa shape index (κ1) is 16.7. The second-order valence-corrected chi connectivity index (χ2v) is 8.34. The topological polar surface area (TPSA) is 33.2 Å². The lowest BCUT2D eigenvalue weighted by atomic mass is 9.93. The van der Waals surface area contributed by atoms with Crippen molar-refractivity contribution in [2.24, 2.45) is 5.41 Å². The van der Waals surface area contributed by atoms with Gasteiger partial charge in [-0.1, -0.05) is 39.0 Å². The van der Waals surface area contributed by atoms with Crippen LogP contribution < -0.4 is 4.90 Å². The van der Waals surface area contributed by atoms with Crippen LogP contribution in [0.1, 0.15) is 36.1 Å². The lowest BCUT2D eigenvalue weighted by molar-refractivity contribution is 0.0993. The van der Waals surface area contributed by atoms with E-state index in [1.807, 2.05) is 48.5 Å². The van der Waals surface area contributed by atoms with Crippen molar-refractivity contribution in [3.63, 3.8) is 0 Å². The third-order valence-electron chi connectivity index (χ3n) is 3.81. The van der Waals surface area contributed by atoms with Crippen molar-refractivity contribution < 1.29 is 4.79 Å². The summed E-state index contributed by atoms with van der Waals surface area (Å²) < 4.78 is 1.13. The Balaban J connectivity index is 1.89. The Bertz CT molecular complexity index is 862. The predicted octanol–water partition coefficient (Wildman–Crippen LogP) is 5.16. The van der Waals surface area contributed by atoms with Gasteiger partial charge in [-0.2, -0.15) is 0 Å². The van der Waals surface area contributed by atoms with E-state index < -0.39 is 0 Å². The van der Waals surface area contributed by atoms with Crippen LogP contribution in [0.15, 0.2) is 48.5 Å². The van der Waals surface area contributed by atoms with Gasteiger partial charge in [0, 0.05) is 24.7 Å². The molecule has 1 amide bonds. The Morgan fingerprint density at radius 1 is 1.12 bits per heavy atom. The van der Waals surface area contributed by atoms with Gasteiger partial charge in [-0.3, -0.25) is 4.79 Å². The first-order valence-electron chi connectivity index (χ1n) is 8.06. The molecule has 3 nitrogen and oxygen atoms in total. The number of aromatic nitrogens is 1. The summed E-state index contributed by atoms with van der Waals surface area (Å²) in [6.07, 6.45) is 0.944. The van der Waals surface area contributed by atoms with E-state index in [9.17, 15) is 4.79 Å². The maximum absolute atomic E-state index is 12.7. The summed E-state index contributed by atoms with van der Waals surface area (Å²) in [5.74, 6) is -0.0199. The fourth-order valence-electron chi connectivity index (χ4n) is 2.60. The van der Waals surface area contributed by atoms with Crippen LogP contribution in [0.5, 0.6) is 0 Å². The summed E-state index contributed by atoms with van der Waals surface area (Å²) >= 11 is 1.71. The molecule has 0 aliphatic rings. The number of para-hydroxylation sites is 1. The maximum atomic E-state index is 12.7. The summed E-state index contributed by atoms with van der Waals surface area (Å²) in [7, 11) is 1.80. The van der Waals surface area contributed by atoms with Gasteiger partial charge in [-0.05, 0) is 35.7 Å². The standard InChI is InChI=1S/C20H22N2OS/c1-20(2,3)13-18-21-16-12-14(10-11-17(16)24-18)19(23)22(4)15-8-6-5-7-9-15/h5-12H,13H2,1-4H3. The number of amides is 1. The van der Waals surface area contributed by atoms with Gasteiger partial charge in [-0.15, -0.1) is 11.3 Å². The Morgan fingerprint density at radius 3 is 2.50 bits per heavy atom. The van der Waals surface area contributed by atoms with Gasteiger partial charge in [0.05, 0.1) is 15.2 Å². The number of rotatable bonds is 3. The largest absolute Gasteiger partial charge is 0.311 e. The number of carbonyl (C=O) groups excluding carboxylic acids is 1. The fraction of sp³-hybridized carbons (Fsp3) is 0.300. The first-order chi connectivity index (χ1) is 11.3. The van der Waals surface area contributed by atoms with E-state index in [4.69, 9.17) is 4.98 Å². The van der Waals surface area contributed by atoms with Crippen molar-refractivity contribution in [3.8, 4) is 0 Å². The van der Waals surface area contributed by atoms with Gasteiger partial charge in [0.15, 0.2) is 0 Å². The van der Waals surface area contributed by atoms with E-state index >= 15 is 0 Å². The molecule has 0 fully saturated rings. The van der Waals surface area contributed by atoms with Crippen LogP contribution in [-0.4, -0.2) is 17.9 Å². The zero-order chi connectivity index (χ0) is 17.3. The van der Waals surface area contributed by atoms with Gasteiger partial charge in [0.25, 0.3) is 5.91 Å². The van der Waals surface area contributed by atoms with Gasteiger partial charge in [-0.25, -0.2) is 4.98 Å². The molecule has 24 heavy (non-hydrogen) atoms. The molecule has 0 bridgehead atoms. The Kier molecular flexibility index (Phi) is 4.41. The third kappa shape index (κ3) is 3.65. The summed E-state index contributed by atoms with van der Waals surface area (Å²) in [5, 5.41) is 1.12. The average molecular weight is 338 g/mol. The van der Waals surface area contributed by atoms with Crippen molar-refractivity contribution in [2.75, 3.05) is 11.9 Å². The number of thiazole rings is 1. The highest BCUT2D eigenvalue weighted by atomic mass is 32.1. The molecule has 0 saturated carbocycles. The predicted molar refractivity (Wildman–Crippen MR) is 102 cm³/mol. The van der Waals surface area contributed by atoms with E-state index in [-0.39, 0.29) is 11.3 Å². The van der Waals surface area contributed by atoms with Crippen molar-refractivity contribution in [1.82, 2.24) is 4.98 Å². The van der Waals surface area contributed by atoms with E-state index in [2.05, 4.69) is 20.8 Å². The molecule has 1 aromatic heterocycles. The van der Waals surface area contributed by atoms with Crippen LogP contribution in [0, 0.1) is 5.41 Å². The zero-order valence-electron chi connectivity index (χ0n) is 14.5. The summed E-state index contributed by atoms with van der Waals surface area (Å²) in [4.78, 5) is 19.1. The molecular formula is C20H22N2OS. The number of nitrogens with zero attached hydrogens (tertiary/aromatic N) is 2. The molecule has 0 radical (unpaired) electrons. The van der Waals surface area contributed by atoms with Gasteiger partial charge in [0.2, 0.25) is 0 Å². The Labute approximate surface area is 147 Å². The van der Waals surface area contributed by atoms with E-state index in [1.165, 1.54) is 0 Å². The molecule has 2 aromatic carbocycles. The van der Waals surface area contributed by atoms with Crippen LogP contribution >= 0.6 is 11.3 Å². The highest BCUT2D eigenvalue weighted by Gasteiger charge is 2.17. The second kappa shape index (κ2) is 6.36. The number of fused-ring (bicyclic) bond motifs is 1. The third-order valence-corrected chi connectivity index (χ3v) is 4.84. The quantitative estimate of drug-likeness (QED) is 0.661. The minimum atomic E-state index is -0.0199. The molecule has 0 atom stereocenters. The van der Waals surface area contributed by atoms with Crippen molar-refractivity contribution in [2.45, 2.75) is 27.2 Å². The van der Waals surface area contributed by atoms with Crippen molar-refractivity contribution in [3.05, 3.63) is 59.1 Å². The smallest absolute Gasteiger partial charge is 0.258 e. The Hall–Kier alpha value is -2.20. The molecule has 0 spiro atoms. The SMILES string of the molecule is CN(C(=O)c1ccc2sc(CC(C)(C)C)nc2c1)c1ccccc1. The van der Waals surface area contributed by atoms with Crippen LogP contribution in [0.25, 0.3) is 10.2 Å². The van der Waals surface area contributed by atoms with E-state index in [0.29, 0.717) is 5.56 Å². The molecule has 1 heterocycles. The molecule has 0 aliphatic heterocycles. The normalized spacial score (nSPS) is 11.7. The summed E-state index contributed by atoms with van der Waals surface area (Å²) in [6, 6.07) is 15.5. The monoisotopic (exact) mass is 338 g/mol. The van der Waals surface area contributed by atoms with Crippen LogP contribution in [0.3, 0.4) is 0 Å². The molecule has 0 aliphatic carbocycles. The minimum Gasteiger partial charge on any atom is -0.311 e. The maximum Gasteiger partial charge on any atom is 0.258 e. The number of hydrogen-bond acceptors (Lipinski definition) is 3. The van der Waals surface area contributed by atoms with Gasteiger partial charge < -0.3 is 4.90 Å². The van der Waals surface area contributed by atoms with Gasteiger partial charge in [0.1, 0.15) is 0 Å². The zero-order valence-corrected chi connectivity index (χ0v) is 15.4. The highest BCUT2D eigenvalue weighted by Crippen LogP contribution is 2.29. The summed E-state index contributed by atoms with van der Waals surface area (Å²) in [6.45, 7) is 6.63. The minimum absolute atomic E-state index is 0.0199.